The van der Waals surface area contributed by atoms with Gasteiger partial charge in [-0.25, -0.2) is 4.99 Å². The van der Waals surface area contributed by atoms with Crippen molar-refractivity contribution in [1.29, 1.82) is 0 Å². The molecule has 0 bridgehead atoms. The highest BCUT2D eigenvalue weighted by Crippen LogP contribution is 2.08. The molecule has 0 amide bonds. The molecule has 0 unspecified atom stereocenters. The Hall–Kier alpha value is -1.05. The lowest BCUT2D eigenvalue weighted by molar-refractivity contribution is 0.963. The minimum Gasteiger partial charge on any atom is -0.372 e. The SMILES string of the molecule is CC/C=C\C1=C(C)N=CNC1. The van der Waals surface area contributed by atoms with Gasteiger partial charge in [-0.2, -0.15) is 0 Å². The average Bonchev–Trinajstić information content (AvgIpc) is 2.03. The molecule has 0 saturated heterocycles. The Kier molecular flexibility index (Phi) is 2.90. The first-order chi connectivity index (χ1) is 5.34. The third-order valence-corrected chi connectivity index (χ3v) is 1.66. The van der Waals surface area contributed by atoms with Crippen molar-refractivity contribution in [2.75, 3.05) is 6.54 Å². The van der Waals surface area contributed by atoms with Crippen LogP contribution in [-0.4, -0.2) is 12.9 Å². The molecule has 0 aromatic rings. The maximum Gasteiger partial charge on any atom is 0.0884 e. The van der Waals surface area contributed by atoms with Gasteiger partial charge in [-0.3, -0.25) is 0 Å². The Labute approximate surface area is 67.7 Å². The lowest BCUT2D eigenvalue weighted by Gasteiger charge is -2.09. The van der Waals surface area contributed by atoms with Crippen molar-refractivity contribution in [1.82, 2.24) is 5.32 Å². The second kappa shape index (κ2) is 3.96. The smallest absolute Gasteiger partial charge is 0.0884 e. The third-order valence-electron chi connectivity index (χ3n) is 1.66. The summed E-state index contributed by atoms with van der Waals surface area (Å²) in [6.07, 6.45) is 7.12. The molecule has 2 nitrogen and oxygen atoms in total. The van der Waals surface area contributed by atoms with Gasteiger partial charge >= 0.3 is 0 Å². The molecule has 0 atom stereocenters. The monoisotopic (exact) mass is 150 g/mol. The Morgan fingerprint density at radius 1 is 1.73 bits per heavy atom. The number of rotatable bonds is 2. The molecule has 0 aliphatic carbocycles. The summed E-state index contributed by atoms with van der Waals surface area (Å²) >= 11 is 0. The number of nitrogens with one attached hydrogen (secondary N) is 1. The molecule has 1 heterocycles. The molecule has 1 rings (SSSR count). The summed E-state index contributed by atoms with van der Waals surface area (Å²) in [6.45, 7) is 5.07. The predicted octanol–water partition coefficient (Wildman–Crippen LogP) is 1.86. The molecule has 2 heteroatoms. The van der Waals surface area contributed by atoms with Crippen LogP contribution in [0.2, 0.25) is 0 Å². The molecule has 11 heavy (non-hydrogen) atoms. The lowest BCUT2D eigenvalue weighted by atomic mass is 10.2. The summed E-state index contributed by atoms with van der Waals surface area (Å²) in [6, 6.07) is 0. The summed E-state index contributed by atoms with van der Waals surface area (Å²) in [5, 5.41) is 3.07. The van der Waals surface area contributed by atoms with Crippen LogP contribution in [0.4, 0.5) is 0 Å². The second-order valence-electron chi connectivity index (χ2n) is 2.56. The normalized spacial score (nSPS) is 17.6. The van der Waals surface area contributed by atoms with Gasteiger partial charge in [-0.1, -0.05) is 19.1 Å². The first-order valence-corrected chi connectivity index (χ1v) is 3.96. The molecule has 60 valence electrons. The molecule has 0 spiro atoms. The van der Waals surface area contributed by atoms with Crippen LogP contribution in [0, 0.1) is 0 Å². The van der Waals surface area contributed by atoms with E-state index in [0.717, 1.165) is 18.7 Å². The molecule has 1 aliphatic heterocycles. The quantitative estimate of drug-likeness (QED) is 0.638. The van der Waals surface area contributed by atoms with Crippen LogP contribution in [0.15, 0.2) is 28.4 Å². The summed E-state index contributed by atoms with van der Waals surface area (Å²) < 4.78 is 0. The van der Waals surface area contributed by atoms with Crippen LogP contribution in [0.1, 0.15) is 20.3 Å². The number of allylic oxidation sites excluding steroid dienone is 2. The van der Waals surface area contributed by atoms with E-state index in [-0.39, 0.29) is 0 Å². The molecule has 1 aliphatic rings. The van der Waals surface area contributed by atoms with E-state index in [1.807, 2.05) is 6.92 Å². The zero-order valence-electron chi connectivity index (χ0n) is 7.09. The highest BCUT2D eigenvalue weighted by molar-refractivity contribution is 5.59. The van der Waals surface area contributed by atoms with E-state index in [0.29, 0.717) is 0 Å². The van der Waals surface area contributed by atoms with E-state index in [4.69, 9.17) is 0 Å². The number of hydrogen-bond donors (Lipinski definition) is 1. The van der Waals surface area contributed by atoms with E-state index in [1.54, 1.807) is 6.34 Å². The Morgan fingerprint density at radius 2 is 2.55 bits per heavy atom. The second-order valence-corrected chi connectivity index (χ2v) is 2.56. The zero-order valence-corrected chi connectivity index (χ0v) is 7.09. The summed E-state index contributed by atoms with van der Waals surface area (Å²) in [4.78, 5) is 4.16. The third kappa shape index (κ3) is 2.22. The molecule has 0 aromatic heterocycles. The fraction of sp³-hybridized carbons (Fsp3) is 0.444. The molecule has 0 fully saturated rings. The average molecular weight is 150 g/mol. The van der Waals surface area contributed by atoms with Gasteiger partial charge in [0.2, 0.25) is 0 Å². The van der Waals surface area contributed by atoms with Crippen molar-refractivity contribution in [3.05, 3.63) is 23.4 Å². The van der Waals surface area contributed by atoms with Gasteiger partial charge in [-0.15, -0.1) is 0 Å². The number of hydrogen-bond acceptors (Lipinski definition) is 2. The largest absolute Gasteiger partial charge is 0.372 e. The van der Waals surface area contributed by atoms with E-state index in [2.05, 4.69) is 29.4 Å². The summed E-state index contributed by atoms with van der Waals surface area (Å²) in [7, 11) is 0. The molecule has 0 saturated carbocycles. The Bertz CT molecular complexity index is 212. The van der Waals surface area contributed by atoms with Crippen molar-refractivity contribution in [3.8, 4) is 0 Å². The van der Waals surface area contributed by atoms with Gasteiger partial charge in [0.25, 0.3) is 0 Å². The Morgan fingerprint density at radius 3 is 3.18 bits per heavy atom. The Balaban J connectivity index is 2.67. The maximum atomic E-state index is 4.16. The summed E-state index contributed by atoms with van der Waals surface area (Å²) in [5.74, 6) is 0. The van der Waals surface area contributed by atoms with E-state index < -0.39 is 0 Å². The van der Waals surface area contributed by atoms with Gasteiger partial charge in [0, 0.05) is 12.2 Å². The molecule has 0 aromatic carbocycles. The van der Waals surface area contributed by atoms with Crippen LogP contribution < -0.4 is 5.32 Å². The van der Waals surface area contributed by atoms with Gasteiger partial charge in [-0.05, 0) is 18.9 Å². The first kappa shape index (κ1) is 8.05. The van der Waals surface area contributed by atoms with Crippen LogP contribution in [-0.2, 0) is 0 Å². The maximum absolute atomic E-state index is 4.16. The van der Waals surface area contributed by atoms with Crippen LogP contribution in [0.25, 0.3) is 0 Å². The molecule has 0 radical (unpaired) electrons. The van der Waals surface area contributed by atoms with Gasteiger partial charge < -0.3 is 5.32 Å². The summed E-state index contributed by atoms with van der Waals surface area (Å²) in [5.41, 5.74) is 2.41. The molecular weight excluding hydrogens is 136 g/mol. The van der Waals surface area contributed by atoms with E-state index in [1.165, 1.54) is 5.57 Å². The van der Waals surface area contributed by atoms with E-state index >= 15 is 0 Å². The van der Waals surface area contributed by atoms with Crippen LogP contribution in [0.5, 0.6) is 0 Å². The lowest BCUT2D eigenvalue weighted by Crippen LogP contribution is -2.18. The van der Waals surface area contributed by atoms with Crippen molar-refractivity contribution in [2.24, 2.45) is 4.99 Å². The van der Waals surface area contributed by atoms with Crippen molar-refractivity contribution in [2.45, 2.75) is 20.3 Å². The highest BCUT2D eigenvalue weighted by atomic mass is 15.0. The number of aliphatic imine (C=N–C) groups is 1. The first-order valence-electron chi connectivity index (χ1n) is 3.96. The minimum absolute atomic E-state index is 0.909. The zero-order chi connectivity index (χ0) is 8.10. The molecular formula is C9H14N2. The minimum atomic E-state index is 0.909. The number of nitrogens with zero attached hydrogens (tertiary/aromatic N) is 1. The highest BCUT2D eigenvalue weighted by Gasteiger charge is 1.99. The predicted molar refractivity (Wildman–Crippen MR) is 48.6 cm³/mol. The van der Waals surface area contributed by atoms with Gasteiger partial charge in [0.15, 0.2) is 0 Å². The fourth-order valence-corrected chi connectivity index (χ4v) is 0.949. The standard InChI is InChI=1S/C9H14N2/c1-3-4-5-9-6-10-7-11-8(9)2/h4-5,7H,3,6H2,1-2H3,(H,10,11)/b5-4-. The van der Waals surface area contributed by atoms with Crippen molar-refractivity contribution in [3.63, 3.8) is 0 Å². The van der Waals surface area contributed by atoms with E-state index in [9.17, 15) is 0 Å². The van der Waals surface area contributed by atoms with Crippen LogP contribution in [0.3, 0.4) is 0 Å². The topological polar surface area (TPSA) is 24.4 Å². The fourth-order valence-electron chi connectivity index (χ4n) is 0.949. The van der Waals surface area contributed by atoms with Gasteiger partial charge in [0.1, 0.15) is 0 Å². The van der Waals surface area contributed by atoms with Crippen molar-refractivity contribution >= 4 is 6.34 Å². The molecule has 1 N–H and O–H groups in total. The van der Waals surface area contributed by atoms with Crippen molar-refractivity contribution < 1.29 is 0 Å². The van der Waals surface area contributed by atoms with Crippen LogP contribution >= 0.6 is 0 Å². The van der Waals surface area contributed by atoms with Gasteiger partial charge in [0.05, 0.1) is 6.34 Å².